The Balaban J connectivity index is 3.01. The van der Waals surface area contributed by atoms with Crippen LogP contribution in [0.2, 0.25) is 0 Å². The van der Waals surface area contributed by atoms with Gasteiger partial charge in [0.2, 0.25) is 5.88 Å². The van der Waals surface area contributed by atoms with Gasteiger partial charge >= 0.3 is 0 Å². The molecule has 0 bridgehead atoms. The van der Waals surface area contributed by atoms with E-state index in [-0.39, 0.29) is 0 Å². The number of ether oxygens (including phenoxy) is 1. The van der Waals surface area contributed by atoms with Crippen LogP contribution in [-0.4, -0.2) is 30.4 Å². The third-order valence-corrected chi connectivity index (χ3v) is 1.88. The molecule has 12 heavy (non-hydrogen) atoms. The molecular formula is C7H11N3OS. The maximum Gasteiger partial charge on any atom is 0.219 e. The van der Waals surface area contributed by atoms with E-state index in [0.717, 1.165) is 5.82 Å². The smallest absolute Gasteiger partial charge is 0.219 e. The second kappa shape index (κ2) is 4.15. The van der Waals surface area contributed by atoms with Crippen LogP contribution in [-0.2, 0) is 0 Å². The minimum absolute atomic E-state index is 0.582. The van der Waals surface area contributed by atoms with Gasteiger partial charge in [0.1, 0.15) is 5.82 Å². The summed E-state index contributed by atoms with van der Waals surface area (Å²) in [5.74, 6) is 1.35. The molecule has 0 saturated carbocycles. The highest BCUT2D eigenvalue weighted by Gasteiger charge is 2.01. The van der Waals surface area contributed by atoms with Crippen molar-refractivity contribution >= 4 is 17.6 Å². The summed E-state index contributed by atoms with van der Waals surface area (Å²) in [4.78, 5) is 8.29. The second-order valence-electron chi connectivity index (χ2n) is 2.03. The first kappa shape index (κ1) is 9.12. The standard InChI is InChI=1S/C7H11N3OS/c1-8-5-4-6(11-2)10-7(9-5)12-3/h4H,1-3H3,(H,8,9,10). The van der Waals surface area contributed by atoms with Crippen LogP contribution in [0.25, 0.3) is 0 Å². The molecule has 0 fully saturated rings. The largest absolute Gasteiger partial charge is 0.481 e. The van der Waals surface area contributed by atoms with Crippen molar-refractivity contribution in [3.63, 3.8) is 0 Å². The summed E-state index contributed by atoms with van der Waals surface area (Å²) >= 11 is 1.49. The van der Waals surface area contributed by atoms with Crippen LogP contribution in [0.1, 0.15) is 0 Å². The summed E-state index contributed by atoms with van der Waals surface area (Å²) < 4.78 is 4.99. The van der Waals surface area contributed by atoms with Gasteiger partial charge in [0.25, 0.3) is 0 Å². The molecule has 1 rings (SSSR count). The Morgan fingerprint density at radius 1 is 1.50 bits per heavy atom. The number of thioether (sulfide) groups is 1. The van der Waals surface area contributed by atoms with E-state index in [2.05, 4.69) is 15.3 Å². The number of rotatable bonds is 3. The summed E-state index contributed by atoms with van der Waals surface area (Å²) in [5, 5.41) is 3.64. The Morgan fingerprint density at radius 3 is 2.75 bits per heavy atom. The van der Waals surface area contributed by atoms with Crippen molar-refractivity contribution in [3.8, 4) is 5.88 Å². The third kappa shape index (κ3) is 2.01. The van der Waals surface area contributed by atoms with Crippen LogP contribution in [0.15, 0.2) is 11.2 Å². The van der Waals surface area contributed by atoms with Gasteiger partial charge in [-0.05, 0) is 6.26 Å². The molecule has 1 aromatic heterocycles. The highest BCUT2D eigenvalue weighted by molar-refractivity contribution is 7.98. The predicted molar refractivity (Wildman–Crippen MR) is 49.9 cm³/mol. The van der Waals surface area contributed by atoms with Gasteiger partial charge < -0.3 is 10.1 Å². The normalized spacial score (nSPS) is 9.58. The zero-order valence-corrected chi connectivity index (χ0v) is 8.10. The Kier molecular flexibility index (Phi) is 3.16. The van der Waals surface area contributed by atoms with Crippen molar-refractivity contribution < 1.29 is 4.74 Å². The molecule has 0 radical (unpaired) electrons. The topological polar surface area (TPSA) is 47.0 Å². The lowest BCUT2D eigenvalue weighted by Gasteiger charge is -2.04. The number of aromatic nitrogens is 2. The first-order chi connectivity index (χ1) is 5.80. The van der Waals surface area contributed by atoms with Gasteiger partial charge in [0.05, 0.1) is 7.11 Å². The SMILES string of the molecule is CNc1cc(OC)nc(SC)n1. The molecule has 0 atom stereocenters. The zero-order chi connectivity index (χ0) is 8.97. The van der Waals surface area contributed by atoms with Gasteiger partial charge in [-0.2, -0.15) is 4.98 Å². The van der Waals surface area contributed by atoms with Crippen molar-refractivity contribution in [1.82, 2.24) is 9.97 Å². The van der Waals surface area contributed by atoms with Crippen molar-refractivity contribution in [2.75, 3.05) is 25.7 Å². The lowest BCUT2D eigenvalue weighted by Crippen LogP contribution is -1.97. The first-order valence-electron chi connectivity index (χ1n) is 3.45. The fourth-order valence-corrected chi connectivity index (χ4v) is 1.10. The maximum atomic E-state index is 4.99. The molecule has 66 valence electrons. The maximum absolute atomic E-state index is 4.99. The number of nitrogens with one attached hydrogen (secondary N) is 1. The van der Waals surface area contributed by atoms with Gasteiger partial charge in [-0.15, -0.1) is 0 Å². The van der Waals surface area contributed by atoms with Crippen molar-refractivity contribution in [1.29, 1.82) is 0 Å². The number of hydrogen-bond acceptors (Lipinski definition) is 5. The average Bonchev–Trinajstić information content (AvgIpc) is 2.16. The van der Waals surface area contributed by atoms with Crippen LogP contribution >= 0.6 is 11.8 Å². The van der Waals surface area contributed by atoms with Crippen LogP contribution in [0.5, 0.6) is 5.88 Å². The van der Waals surface area contributed by atoms with E-state index in [1.807, 2.05) is 13.3 Å². The Morgan fingerprint density at radius 2 is 2.25 bits per heavy atom. The summed E-state index contributed by atoms with van der Waals surface area (Å²) in [6.45, 7) is 0. The minimum Gasteiger partial charge on any atom is -0.481 e. The molecule has 0 spiro atoms. The van der Waals surface area contributed by atoms with E-state index in [4.69, 9.17) is 4.74 Å². The molecule has 0 saturated heterocycles. The van der Waals surface area contributed by atoms with Crippen molar-refractivity contribution in [3.05, 3.63) is 6.07 Å². The van der Waals surface area contributed by atoms with Gasteiger partial charge in [-0.3, -0.25) is 0 Å². The fourth-order valence-electron chi connectivity index (χ4n) is 0.728. The molecule has 1 N–H and O–H groups in total. The van der Waals surface area contributed by atoms with Crippen molar-refractivity contribution in [2.24, 2.45) is 0 Å². The van der Waals surface area contributed by atoms with E-state index < -0.39 is 0 Å². The van der Waals surface area contributed by atoms with E-state index in [1.54, 1.807) is 13.2 Å². The van der Waals surface area contributed by atoms with Crippen LogP contribution < -0.4 is 10.1 Å². The number of hydrogen-bond donors (Lipinski definition) is 1. The summed E-state index contributed by atoms with van der Waals surface area (Å²) in [6, 6.07) is 1.75. The Hall–Kier alpha value is -0.970. The molecule has 1 aromatic rings. The number of anilines is 1. The summed E-state index contributed by atoms with van der Waals surface area (Å²) in [7, 11) is 3.40. The van der Waals surface area contributed by atoms with E-state index in [9.17, 15) is 0 Å². The van der Waals surface area contributed by atoms with Crippen LogP contribution in [0.3, 0.4) is 0 Å². The molecular weight excluding hydrogens is 174 g/mol. The third-order valence-electron chi connectivity index (χ3n) is 1.33. The average molecular weight is 185 g/mol. The molecule has 0 aliphatic rings. The number of methoxy groups -OCH3 is 1. The summed E-state index contributed by atoms with van der Waals surface area (Å²) in [6.07, 6.45) is 1.92. The van der Waals surface area contributed by atoms with Gasteiger partial charge in [0, 0.05) is 13.1 Å². The molecule has 4 nitrogen and oxygen atoms in total. The minimum atomic E-state index is 0.582. The molecule has 0 aliphatic carbocycles. The first-order valence-corrected chi connectivity index (χ1v) is 4.67. The van der Waals surface area contributed by atoms with Crippen LogP contribution in [0.4, 0.5) is 5.82 Å². The van der Waals surface area contributed by atoms with Gasteiger partial charge in [-0.25, -0.2) is 4.98 Å². The highest BCUT2D eigenvalue weighted by atomic mass is 32.2. The molecule has 5 heteroatoms. The quantitative estimate of drug-likeness (QED) is 0.567. The van der Waals surface area contributed by atoms with E-state index in [1.165, 1.54) is 11.8 Å². The Labute approximate surface area is 75.8 Å². The number of nitrogens with zero attached hydrogens (tertiary/aromatic N) is 2. The Bertz CT molecular complexity index is 212. The molecule has 0 aromatic carbocycles. The second-order valence-corrected chi connectivity index (χ2v) is 2.81. The lowest BCUT2D eigenvalue weighted by atomic mass is 10.5. The van der Waals surface area contributed by atoms with Crippen LogP contribution in [0, 0.1) is 0 Å². The van der Waals surface area contributed by atoms with Gasteiger partial charge in [-0.1, -0.05) is 11.8 Å². The molecule has 1 heterocycles. The van der Waals surface area contributed by atoms with Gasteiger partial charge in [0.15, 0.2) is 5.16 Å². The molecule has 0 unspecified atom stereocenters. The predicted octanol–water partition coefficient (Wildman–Crippen LogP) is 1.25. The summed E-state index contributed by atoms with van der Waals surface area (Å²) in [5.41, 5.74) is 0. The zero-order valence-electron chi connectivity index (χ0n) is 7.29. The lowest BCUT2D eigenvalue weighted by molar-refractivity contribution is 0.393. The molecule has 0 aliphatic heterocycles. The van der Waals surface area contributed by atoms with E-state index in [0.29, 0.717) is 11.0 Å². The molecule has 0 amide bonds. The van der Waals surface area contributed by atoms with Crippen molar-refractivity contribution in [2.45, 2.75) is 5.16 Å². The fraction of sp³-hybridized carbons (Fsp3) is 0.429. The van der Waals surface area contributed by atoms with E-state index >= 15 is 0 Å². The monoisotopic (exact) mass is 185 g/mol. The highest BCUT2D eigenvalue weighted by Crippen LogP contribution is 2.17.